The van der Waals surface area contributed by atoms with Crippen LogP contribution >= 0.6 is 0 Å². The SMILES string of the molecule is Cc1onc(-c2ccccc2)c1COC1=NNC(C(=O)N2CCOCC2)C1. The van der Waals surface area contributed by atoms with Gasteiger partial charge in [-0.2, -0.15) is 0 Å². The zero-order valence-corrected chi connectivity index (χ0v) is 15.2. The van der Waals surface area contributed by atoms with Crippen LogP contribution in [0.15, 0.2) is 40.0 Å². The summed E-state index contributed by atoms with van der Waals surface area (Å²) in [6.45, 7) is 4.55. The minimum absolute atomic E-state index is 0.0341. The minimum Gasteiger partial charge on any atom is -0.475 e. The van der Waals surface area contributed by atoms with Gasteiger partial charge >= 0.3 is 0 Å². The van der Waals surface area contributed by atoms with Gasteiger partial charge in [-0.05, 0) is 6.92 Å². The highest BCUT2D eigenvalue weighted by Gasteiger charge is 2.31. The molecule has 1 N–H and O–H groups in total. The van der Waals surface area contributed by atoms with E-state index < -0.39 is 0 Å². The van der Waals surface area contributed by atoms with Crippen LogP contribution in [-0.4, -0.2) is 54.2 Å². The Bertz CT molecular complexity index is 827. The number of hydrazone groups is 1. The Labute approximate surface area is 157 Å². The van der Waals surface area contributed by atoms with Crippen molar-refractivity contribution in [2.75, 3.05) is 26.3 Å². The Hall–Kier alpha value is -2.87. The highest BCUT2D eigenvalue weighted by Crippen LogP contribution is 2.26. The zero-order valence-electron chi connectivity index (χ0n) is 15.2. The molecule has 27 heavy (non-hydrogen) atoms. The number of nitrogens with one attached hydrogen (secondary N) is 1. The molecule has 4 rings (SSSR count). The number of amides is 1. The summed E-state index contributed by atoms with van der Waals surface area (Å²) in [5.74, 6) is 1.26. The van der Waals surface area contributed by atoms with Crippen LogP contribution in [0.25, 0.3) is 11.3 Å². The third-order valence-corrected chi connectivity index (χ3v) is 4.76. The van der Waals surface area contributed by atoms with Crippen LogP contribution in [0.3, 0.4) is 0 Å². The lowest BCUT2D eigenvalue weighted by atomic mass is 10.1. The highest BCUT2D eigenvalue weighted by molar-refractivity contribution is 5.90. The van der Waals surface area contributed by atoms with E-state index in [9.17, 15) is 4.79 Å². The molecule has 0 aliphatic carbocycles. The lowest BCUT2D eigenvalue weighted by Gasteiger charge is -2.28. The number of benzene rings is 1. The Morgan fingerprint density at radius 2 is 2.07 bits per heavy atom. The van der Waals surface area contributed by atoms with E-state index in [4.69, 9.17) is 14.0 Å². The van der Waals surface area contributed by atoms with Crippen molar-refractivity contribution in [2.24, 2.45) is 5.10 Å². The quantitative estimate of drug-likeness (QED) is 0.881. The first-order valence-electron chi connectivity index (χ1n) is 9.04. The average molecular weight is 370 g/mol. The van der Waals surface area contributed by atoms with Gasteiger partial charge in [-0.3, -0.25) is 10.2 Å². The first-order valence-corrected chi connectivity index (χ1v) is 9.04. The molecule has 2 aliphatic rings. The van der Waals surface area contributed by atoms with Crippen molar-refractivity contribution >= 4 is 11.8 Å². The summed E-state index contributed by atoms with van der Waals surface area (Å²) in [6.07, 6.45) is 0.432. The van der Waals surface area contributed by atoms with Crippen molar-refractivity contribution in [1.29, 1.82) is 0 Å². The van der Waals surface area contributed by atoms with Crippen LogP contribution in [-0.2, 0) is 20.9 Å². The van der Waals surface area contributed by atoms with Gasteiger partial charge in [0.1, 0.15) is 24.1 Å². The van der Waals surface area contributed by atoms with E-state index in [-0.39, 0.29) is 11.9 Å². The summed E-state index contributed by atoms with van der Waals surface area (Å²) in [6, 6.07) is 9.44. The molecule has 0 radical (unpaired) electrons. The van der Waals surface area contributed by atoms with Gasteiger partial charge in [0, 0.05) is 18.7 Å². The maximum Gasteiger partial charge on any atom is 0.247 e. The first-order chi connectivity index (χ1) is 13.2. The summed E-state index contributed by atoms with van der Waals surface area (Å²) < 4.78 is 16.5. The molecule has 1 aromatic heterocycles. The van der Waals surface area contributed by atoms with Gasteiger partial charge in [-0.25, -0.2) is 0 Å². The van der Waals surface area contributed by atoms with Gasteiger partial charge in [0.2, 0.25) is 11.8 Å². The van der Waals surface area contributed by atoms with Gasteiger partial charge in [0.05, 0.1) is 25.2 Å². The van der Waals surface area contributed by atoms with Crippen molar-refractivity contribution in [2.45, 2.75) is 26.0 Å². The average Bonchev–Trinajstić information content (AvgIpc) is 3.34. The van der Waals surface area contributed by atoms with E-state index in [0.29, 0.717) is 51.0 Å². The number of ether oxygens (including phenoxy) is 2. The van der Waals surface area contributed by atoms with Gasteiger partial charge in [-0.1, -0.05) is 35.5 Å². The van der Waals surface area contributed by atoms with Crippen molar-refractivity contribution in [3.8, 4) is 11.3 Å². The van der Waals surface area contributed by atoms with E-state index in [1.54, 1.807) is 4.90 Å². The maximum atomic E-state index is 12.5. The normalized spacial score (nSPS) is 19.5. The Morgan fingerprint density at radius 1 is 1.30 bits per heavy atom. The fourth-order valence-corrected chi connectivity index (χ4v) is 3.19. The third-order valence-electron chi connectivity index (χ3n) is 4.76. The van der Waals surface area contributed by atoms with Crippen molar-refractivity contribution in [3.63, 3.8) is 0 Å². The molecule has 8 heteroatoms. The summed E-state index contributed by atoms with van der Waals surface area (Å²) >= 11 is 0. The van der Waals surface area contributed by atoms with Crippen LogP contribution < -0.4 is 5.43 Å². The van der Waals surface area contributed by atoms with E-state index in [1.165, 1.54) is 0 Å². The van der Waals surface area contributed by atoms with E-state index in [0.717, 1.165) is 16.8 Å². The van der Waals surface area contributed by atoms with E-state index in [2.05, 4.69) is 15.7 Å². The number of hydrogen-bond acceptors (Lipinski definition) is 7. The minimum atomic E-state index is -0.379. The molecule has 0 spiro atoms. The molecule has 8 nitrogen and oxygen atoms in total. The molecule has 1 unspecified atom stereocenters. The molecule has 1 saturated heterocycles. The summed E-state index contributed by atoms with van der Waals surface area (Å²) in [5, 5.41) is 8.33. The second-order valence-corrected chi connectivity index (χ2v) is 6.55. The lowest BCUT2D eigenvalue weighted by Crippen LogP contribution is -2.48. The Kier molecular flexibility index (Phi) is 5.06. The fourth-order valence-electron chi connectivity index (χ4n) is 3.19. The lowest BCUT2D eigenvalue weighted by molar-refractivity contribution is -0.137. The van der Waals surface area contributed by atoms with Crippen LogP contribution in [0.2, 0.25) is 0 Å². The zero-order chi connectivity index (χ0) is 18.6. The molecule has 1 amide bonds. The van der Waals surface area contributed by atoms with Gasteiger partial charge in [0.25, 0.3) is 0 Å². The Morgan fingerprint density at radius 3 is 2.85 bits per heavy atom. The molecule has 1 aromatic carbocycles. The monoisotopic (exact) mass is 370 g/mol. The summed E-state index contributed by atoms with van der Waals surface area (Å²) in [7, 11) is 0. The molecule has 2 aliphatic heterocycles. The molecule has 1 atom stereocenters. The first kappa shape index (κ1) is 17.5. The molecule has 0 bridgehead atoms. The number of carbonyl (C=O) groups excluding carboxylic acids is 1. The molecular weight excluding hydrogens is 348 g/mol. The number of aryl methyl sites for hydroxylation is 1. The highest BCUT2D eigenvalue weighted by atomic mass is 16.5. The van der Waals surface area contributed by atoms with Gasteiger partial charge in [-0.15, -0.1) is 5.10 Å². The topological polar surface area (TPSA) is 89.2 Å². The van der Waals surface area contributed by atoms with Crippen molar-refractivity contribution in [3.05, 3.63) is 41.7 Å². The number of carbonyl (C=O) groups is 1. The number of nitrogens with zero attached hydrogens (tertiary/aromatic N) is 3. The van der Waals surface area contributed by atoms with Crippen molar-refractivity contribution in [1.82, 2.24) is 15.5 Å². The molecule has 1 fully saturated rings. The smallest absolute Gasteiger partial charge is 0.247 e. The molecule has 3 heterocycles. The van der Waals surface area contributed by atoms with Crippen LogP contribution in [0.4, 0.5) is 0 Å². The maximum absolute atomic E-state index is 12.5. The van der Waals surface area contributed by atoms with Gasteiger partial charge < -0.3 is 18.9 Å². The van der Waals surface area contributed by atoms with Crippen LogP contribution in [0.5, 0.6) is 0 Å². The number of rotatable bonds is 4. The van der Waals surface area contributed by atoms with Gasteiger partial charge in [0.15, 0.2) is 0 Å². The summed E-state index contributed by atoms with van der Waals surface area (Å²) in [4.78, 5) is 14.3. The second-order valence-electron chi connectivity index (χ2n) is 6.55. The summed E-state index contributed by atoms with van der Waals surface area (Å²) in [5.41, 5.74) is 5.50. The number of hydrogen-bond donors (Lipinski definition) is 1. The predicted octanol–water partition coefficient (Wildman–Crippen LogP) is 1.70. The predicted molar refractivity (Wildman–Crippen MR) is 97.8 cm³/mol. The number of aromatic nitrogens is 1. The van der Waals surface area contributed by atoms with Crippen LogP contribution in [0.1, 0.15) is 17.7 Å². The molecule has 142 valence electrons. The molecule has 2 aromatic rings. The number of morpholine rings is 1. The molecular formula is C19H22N4O4. The Balaban J connectivity index is 1.36. The standard InChI is InChI=1S/C19H22N4O4/c1-13-15(18(22-27-13)14-5-3-2-4-6-14)12-26-17-11-16(20-21-17)19(24)23-7-9-25-10-8-23/h2-6,16,20H,7-12H2,1H3. The third kappa shape index (κ3) is 3.80. The fraction of sp³-hybridized carbons (Fsp3) is 0.421. The van der Waals surface area contributed by atoms with E-state index in [1.807, 2.05) is 37.3 Å². The molecule has 0 saturated carbocycles. The largest absolute Gasteiger partial charge is 0.475 e. The van der Waals surface area contributed by atoms with Crippen LogP contribution in [0, 0.1) is 6.92 Å². The van der Waals surface area contributed by atoms with Crippen molar-refractivity contribution < 1.29 is 18.8 Å². The van der Waals surface area contributed by atoms with E-state index >= 15 is 0 Å². The second kappa shape index (κ2) is 7.79.